The van der Waals surface area contributed by atoms with Crippen molar-refractivity contribution < 1.29 is 14.0 Å². The number of hydrogen-bond acceptors (Lipinski definition) is 2. The lowest BCUT2D eigenvalue weighted by molar-refractivity contribution is -0.890. The third kappa shape index (κ3) is 2.01. The van der Waals surface area contributed by atoms with E-state index in [1.54, 1.807) is 0 Å². The molecule has 0 N–H and O–H groups in total. The standard InChI is InChI=1S/C17H30NO2/c1-16(2)13-7-8-17(16,3)14(11-13)20-15(19)12-18(4)9-5-6-10-18/h13-14H,5-12H2,1-4H3/q+1/t13-,14-,17-/m1/s1. The second-order valence-corrected chi connectivity index (χ2v) is 8.52. The van der Waals surface area contributed by atoms with Crippen molar-refractivity contribution in [1.29, 1.82) is 0 Å². The zero-order chi connectivity index (χ0) is 14.6. The van der Waals surface area contributed by atoms with Gasteiger partial charge in [-0.3, -0.25) is 0 Å². The van der Waals surface area contributed by atoms with Crippen LogP contribution in [0.1, 0.15) is 52.9 Å². The van der Waals surface area contributed by atoms with Crippen molar-refractivity contribution in [1.82, 2.24) is 0 Å². The first kappa shape index (κ1) is 14.4. The van der Waals surface area contributed by atoms with Crippen LogP contribution >= 0.6 is 0 Å². The van der Waals surface area contributed by atoms with Crippen molar-refractivity contribution in [2.45, 2.75) is 59.0 Å². The number of fused-ring (bicyclic) bond motifs is 2. The Hall–Kier alpha value is -0.570. The van der Waals surface area contributed by atoms with Crippen LogP contribution in [0.25, 0.3) is 0 Å². The van der Waals surface area contributed by atoms with Crippen LogP contribution in [-0.4, -0.2) is 43.2 Å². The van der Waals surface area contributed by atoms with Gasteiger partial charge in [-0.05, 0) is 30.6 Å². The molecule has 20 heavy (non-hydrogen) atoms. The molecule has 2 aliphatic carbocycles. The Kier molecular flexibility index (Phi) is 3.20. The molecule has 114 valence electrons. The summed E-state index contributed by atoms with van der Waals surface area (Å²) in [6.07, 6.45) is 6.26. The summed E-state index contributed by atoms with van der Waals surface area (Å²) >= 11 is 0. The van der Waals surface area contributed by atoms with Gasteiger partial charge in [0.1, 0.15) is 6.10 Å². The fourth-order valence-electron chi connectivity index (χ4n) is 5.07. The number of esters is 1. The van der Waals surface area contributed by atoms with Gasteiger partial charge in [-0.2, -0.15) is 0 Å². The van der Waals surface area contributed by atoms with Gasteiger partial charge in [0.05, 0.1) is 20.1 Å². The smallest absolute Gasteiger partial charge is 0.362 e. The number of carbonyl (C=O) groups is 1. The number of rotatable bonds is 3. The van der Waals surface area contributed by atoms with Gasteiger partial charge in [0.25, 0.3) is 0 Å². The van der Waals surface area contributed by atoms with Crippen LogP contribution in [0.5, 0.6) is 0 Å². The molecule has 0 aromatic rings. The van der Waals surface area contributed by atoms with E-state index in [1.807, 2.05) is 0 Å². The van der Waals surface area contributed by atoms with E-state index in [1.165, 1.54) is 25.7 Å². The molecule has 3 heteroatoms. The second kappa shape index (κ2) is 4.46. The Labute approximate surface area is 123 Å². The average molecular weight is 280 g/mol. The Morgan fingerprint density at radius 2 is 1.90 bits per heavy atom. The summed E-state index contributed by atoms with van der Waals surface area (Å²) in [6.45, 7) is 9.90. The predicted octanol–water partition coefficient (Wildman–Crippen LogP) is 2.98. The Morgan fingerprint density at radius 3 is 2.40 bits per heavy atom. The van der Waals surface area contributed by atoms with E-state index >= 15 is 0 Å². The van der Waals surface area contributed by atoms with Gasteiger partial charge >= 0.3 is 5.97 Å². The van der Waals surface area contributed by atoms with Crippen LogP contribution in [0.3, 0.4) is 0 Å². The minimum atomic E-state index is 0.0315. The molecular formula is C17H30NO2+. The Morgan fingerprint density at radius 1 is 1.25 bits per heavy atom. The van der Waals surface area contributed by atoms with Gasteiger partial charge in [-0.15, -0.1) is 0 Å². The number of carbonyl (C=O) groups excluding carboxylic acids is 1. The lowest BCUT2D eigenvalue weighted by Gasteiger charge is -2.38. The minimum absolute atomic E-state index is 0.0315. The first-order valence-corrected chi connectivity index (χ1v) is 8.30. The van der Waals surface area contributed by atoms with Crippen molar-refractivity contribution >= 4 is 5.97 Å². The third-order valence-electron chi connectivity index (χ3n) is 7.14. The molecule has 1 aliphatic heterocycles. The quantitative estimate of drug-likeness (QED) is 0.587. The third-order valence-corrected chi connectivity index (χ3v) is 7.14. The molecule has 3 atom stereocenters. The first-order chi connectivity index (χ1) is 9.27. The molecule has 0 amide bonds. The van der Waals surface area contributed by atoms with Crippen LogP contribution in [0, 0.1) is 16.7 Å². The van der Waals surface area contributed by atoms with Crippen molar-refractivity contribution in [2.75, 3.05) is 26.7 Å². The zero-order valence-electron chi connectivity index (χ0n) is 13.6. The van der Waals surface area contributed by atoms with Gasteiger partial charge in [0, 0.05) is 18.3 Å². The summed E-state index contributed by atoms with van der Waals surface area (Å²) in [7, 11) is 2.20. The van der Waals surface area contributed by atoms with Crippen LogP contribution in [-0.2, 0) is 9.53 Å². The van der Waals surface area contributed by atoms with Crippen molar-refractivity contribution in [2.24, 2.45) is 16.7 Å². The van der Waals surface area contributed by atoms with Gasteiger partial charge < -0.3 is 9.22 Å². The highest BCUT2D eigenvalue weighted by Gasteiger charge is 2.63. The molecule has 0 aromatic heterocycles. The Balaban J connectivity index is 1.63. The number of hydrogen-bond donors (Lipinski definition) is 0. The number of likely N-dealkylation sites (tertiary alicyclic amines) is 1. The van der Waals surface area contributed by atoms with Gasteiger partial charge in [0.15, 0.2) is 6.54 Å². The van der Waals surface area contributed by atoms with Gasteiger partial charge in [0.2, 0.25) is 0 Å². The summed E-state index contributed by atoms with van der Waals surface area (Å²) in [4.78, 5) is 12.4. The molecule has 1 heterocycles. The van der Waals surface area contributed by atoms with Gasteiger partial charge in [-0.25, -0.2) is 4.79 Å². The monoisotopic (exact) mass is 280 g/mol. The van der Waals surface area contributed by atoms with E-state index in [0.717, 1.165) is 29.9 Å². The highest BCUT2D eigenvalue weighted by atomic mass is 16.5. The van der Waals surface area contributed by atoms with Crippen molar-refractivity contribution in [3.05, 3.63) is 0 Å². The molecule has 3 aliphatic rings. The summed E-state index contributed by atoms with van der Waals surface area (Å²) < 4.78 is 6.84. The SMILES string of the molecule is CC1(C)[C@@H]2CC[C@]1(C)[C@H](OC(=O)C[N+]1(C)CCCC1)C2. The number of nitrogens with zero attached hydrogens (tertiary/aromatic N) is 1. The van der Waals surface area contributed by atoms with Crippen molar-refractivity contribution in [3.63, 3.8) is 0 Å². The Bertz CT molecular complexity index is 411. The van der Waals surface area contributed by atoms with E-state index in [0.29, 0.717) is 12.0 Å². The van der Waals surface area contributed by atoms with E-state index < -0.39 is 0 Å². The van der Waals surface area contributed by atoms with E-state index in [2.05, 4.69) is 27.8 Å². The first-order valence-electron chi connectivity index (χ1n) is 8.30. The summed E-state index contributed by atoms with van der Waals surface area (Å²) in [6, 6.07) is 0. The van der Waals surface area contributed by atoms with E-state index in [-0.39, 0.29) is 17.5 Å². The molecule has 1 saturated heterocycles. The molecule has 3 nitrogen and oxygen atoms in total. The van der Waals surface area contributed by atoms with Crippen LogP contribution < -0.4 is 0 Å². The highest BCUT2D eigenvalue weighted by Crippen LogP contribution is 2.66. The zero-order valence-corrected chi connectivity index (χ0v) is 13.6. The van der Waals surface area contributed by atoms with Crippen molar-refractivity contribution in [3.8, 4) is 0 Å². The number of quaternary nitrogens is 1. The molecular weight excluding hydrogens is 250 g/mol. The van der Waals surface area contributed by atoms with Crippen LogP contribution in [0.2, 0.25) is 0 Å². The molecule has 0 unspecified atom stereocenters. The largest absolute Gasteiger partial charge is 0.458 e. The average Bonchev–Trinajstić information content (AvgIpc) is 2.91. The lowest BCUT2D eigenvalue weighted by atomic mass is 9.70. The molecule has 3 rings (SSSR count). The van der Waals surface area contributed by atoms with E-state index in [4.69, 9.17) is 4.74 Å². The molecule has 0 radical (unpaired) electrons. The molecule has 0 spiro atoms. The van der Waals surface area contributed by atoms with E-state index in [9.17, 15) is 4.79 Å². The van der Waals surface area contributed by atoms with Crippen LogP contribution in [0.4, 0.5) is 0 Å². The maximum absolute atomic E-state index is 12.4. The predicted molar refractivity (Wildman–Crippen MR) is 79.1 cm³/mol. The molecule has 3 fully saturated rings. The summed E-state index contributed by atoms with van der Waals surface area (Å²) in [5.74, 6) is 0.769. The lowest BCUT2D eigenvalue weighted by Crippen LogP contribution is -2.47. The van der Waals surface area contributed by atoms with Crippen LogP contribution in [0.15, 0.2) is 0 Å². The number of ether oxygens (including phenoxy) is 1. The number of likely N-dealkylation sites (N-methyl/N-ethyl adjacent to an activating group) is 1. The second-order valence-electron chi connectivity index (χ2n) is 8.52. The maximum Gasteiger partial charge on any atom is 0.362 e. The maximum atomic E-state index is 12.4. The normalized spacial score (nSPS) is 41.0. The molecule has 0 aromatic carbocycles. The molecule has 2 saturated carbocycles. The fraction of sp³-hybridized carbons (Fsp3) is 0.941. The molecule has 2 bridgehead atoms. The van der Waals surface area contributed by atoms with Gasteiger partial charge in [-0.1, -0.05) is 20.8 Å². The summed E-state index contributed by atoms with van der Waals surface area (Å²) in [5.41, 5.74) is 0.515. The minimum Gasteiger partial charge on any atom is -0.458 e. The summed E-state index contributed by atoms with van der Waals surface area (Å²) in [5, 5.41) is 0. The fourth-order valence-corrected chi connectivity index (χ4v) is 5.07. The topological polar surface area (TPSA) is 26.3 Å². The highest BCUT2D eigenvalue weighted by molar-refractivity contribution is 5.71.